The van der Waals surface area contributed by atoms with Gasteiger partial charge in [-0.2, -0.15) is 0 Å². The number of nitrogens with zero attached hydrogens (tertiary/aromatic N) is 2. The lowest BCUT2D eigenvalue weighted by Crippen LogP contribution is -2.29. The van der Waals surface area contributed by atoms with Gasteiger partial charge in [-0.3, -0.25) is 0 Å². The van der Waals surface area contributed by atoms with E-state index in [0.29, 0.717) is 0 Å². The zero-order valence-corrected chi connectivity index (χ0v) is 32.2. The van der Waals surface area contributed by atoms with Gasteiger partial charge in [0.25, 0.3) is 0 Å². The van der Waals surface area contributed by atoms with Crippen LogP contribution in [0.2, 0.25) is 0 Å². The van der Waals surface area contributed by atoms with Crippen LogP contribution in [0.3, 0.4) is 0 Å². The van der Waals surface area contributed by atoms with Gasteiger partial charge in [0.2, 0.25) is 0 Å². The molecule has 0 unspecified atom stereocenters. The average Bonchev–Trinajstić information content (AvgIpc) is 3.47. The first kappa shape index (κ1) is 32.8. The van der Waals surface area contributed by atoms with Crippen molar-refractivity contribution in [2.75, 3.05) is 22.9 Å². The van der Waals surface area contributed by atoms with E-state index in [4.69, 9.17) is 0 Å². The fraction of sp³-hybridized carbons (Fsp3) is 0.245. The van der Waals surface area contributed by atoms with Crippen LogP contribution in [0.4, 0.5) is 17.1 Å². The molecule has 0 atom stereocenters. The van der Waals surface area contributed by atoms with Gasteiger partial charge < -0.3 is 9.80 Å². The Morgan fingerprint density at radius 1 is 0.527 bits per heavy atom. The van der Waals surface area contributed by atoms with Crippen molar-refractivity contribution in [1.82, 2.24) is 0 Å². The van der Waals surface area contributed by atoms with Crippen molar-refractivity contribution in [3.8, 4) is 11.1 Å². The number of anilines is 3. The molecule has 4 aliphatic rings. The second kappa shape index (κ2) is 12.7. The van der Waals surface area contributed by atoms with Gasteiger partial charge in [-0.1, -0.05) is 111 Å². The lowest BCUT2D eigenvalue weighted by molar-refractivity contribution is 0.656. The Morgan fingerprint density at radius 2 is 1.15 bits per heavy atom. The molecule has 2 heteroatoms. The van der Waals surface area contributed by atoms with E-state index >= 15 is 0 Å². The van der Waals surface area contributed by atoms with Gasteiger partial charge in [0, 0.05) is 41.3 Å². The molecule has 7 aromatic carbocycles. The molecule has 7 aromatic rings. The molecule has 0 saturated heterocycles. The van der Waals surface area contributed by atoms with Crippen LogP contribution in [-0.2, 0) is 24.7 Å². The number of allylic oxidation sites excluding steroid dienone is 3. The van der Waals surface area contributed by atoms with E-state index in [2.05, 4.69) is 157 Å². The molecule has 0 N–H and O–H groups in total. The largest absolute Gasteiger partial charge is 0.342 e. The molecule has 2 aliphatic carbocycles. The predicted octanol–water partition coefficient (Wildman–Crippen LogP) is 13.5. The minimum Gasteiger partial charge on any atom is -0.342 e. The van der Waals surface area contributed by atoms with Crippen LogP contribution in [-0.4, -0.2) is 13.1 Å². The summed E-state index contributed by atoms with van der Waals surface area (Å²) in [5, 5.41) is 8.07. The highest BCUT2D eigenvalue weighted by Gasteiger charge is 2.36. The number of fused-ring (bicyclic) bond motifs is 10. The smallest absolute Gasteiger partial charge is 0.0443 e. The summed E-state index contributed by atoms with van der Waals surface area (Å²) in [6.45, 7) is 7.03. The molecule has 0 bridgehead atoms. The summed E-state index contributed by atoms with van der Waals surface area (Å²) >= 11 is 0. The van der Waals surface area contributed by atoms with E-state index in [1.165, 1.54) is 126 Å². The first-order valence-electron chi connectivity index (χ1n) is 20.7. The van der Waals surface area contributed by atoms with Crippen molar-refractivity contribution in [3.05, 3.63) is 173 Å². The van der Waals surface area contributed by atoms with E-state index in [9.17, 15) is 0 Å². The van der Waals surface area contributed by atoms with E-state index in [1.807, 2.05) is 0 Å². The predicted molar refractivity (Wildman–Crippen MR) is 234 cm³/mol. The number of aryl methyl sites for hydroxylation is 3. The Bertz CT molecular complexity index is 2740. The minimum absolute atomic E-state index is 0.0355. The first-order valence-corrected chi connectivity index (χ1v) is 20.7. The fourth-order valence-corrected chi connectivity index (χ4v) is 10.6. The monoisotopic (exact) mass is 712 g/mol. The van der Waals surface area contributed by atoms with Gasteiger partial charge in [0.1, 0.15) is 0 Å². The highest BCUT2D eigenvalue weighted by atomic mass is 15.1. The highest BCUT2D eigenvalue weighted by molar-refractivity contribution is 6.25. The summed E-state index contributed by atoms with van der Waals surface area (Å²) in [6, 6.07) is 46.9. The van der Waals surface area contributed by atoms with Crippen molar-refractivity contribution < 1.29 is 0 Å². The molecule has 11 rings (SSSR count). The molecule has 270 valence electrons. The van der Waals surface area contributed by atoms with Crippen molar-refractivity contribution in [2.45, 2.75) is 70.6 Å². The Kier molecular flexibility index (Phi) is 7.60. The lowest BCUT2D eigenvalue weighted by atomic mass is 9.81. The van der Waals surface area contributed by atoms with Gasteiger partial charge in [-0.25, -0.2) is 0 Å². The standard InChI is InChI=1S/C53H48N2/c1-53(2)49-32-36(22-26-45(49)46-28-24-40(34-50(46)53)55-30-10-14-38-12-4-8-18-52(38)55)20-19-35-21-25-43-44-27-23-39(54-29-9-13-37-11-3-7-17-51(37)54)33-48(44)42-16-6-5-15-41(42)47(43)31-35/h3,5-8,11,15-18,21-28,31-34H,4,9-10,12-14,19-20,29-30H2,1-2H3. The van der Waals surface area contributed by atoms with Crippen LogP contribution < -0.4 is 9.80 Å². The maximum Gasteiger partial charge on any atom is 0.0443 e. The molecule has 0 spiro atoms. The third-order valence-electron chi connectivity index (χ3n) is 13.4. The molecule has 2 nitrogen and oxygen atoms in total. The Morgan fingerprint density at radius 3 is 2.00 bits per heavy atom. The van der Waals surface area contributed by atoms with Crippen LogP contribution in [0.25, 0.3) is 43.4 Å². The van der Waals surface area contributed by atoms with E-state index in [-0.39, 0.29) is 5.41 Å². The zero-order chi connectivity index (χ0) is 36.7. The second-order valence-corrected chi connectivity index (χ2v) is 17.0. The Balaban J connectivity index is 0.891. The lowest BCUT2D eigenvalue weighted by Gasteiger charge is -2.35. The molecular weight excluding hydrogens is 665 g/mol. The summed E-state index contributed by atoms with van der Waals surface area (Å²) in [5.41, 5.74) is 17.1. The zero-order valence-electron chi connectivity index (χ0n) is 32.2. The molecule has 2 heterocycles. The third-order valence-corrected chi connectivity index (χ3v) is 13.4. The molecule has 0 fully saturated rings. The first-order chi connectivity index (χ1) is 27.0. The fourth-order valence-electron chi connectivity index (χ4n) is 10.6. The number of hydrogen-bond acceptors (Lipinski definition) is 2. The minimum atomic E-state index is -0.0355. The van der Waals surface area contributed by atoms with Crippen LogP contribution in [0.5, 0.6) is 0 Å². The Labute approximate surface area is 325 Å². The molecule has 0 aromatic heterocycles. The highest BCUT2D eigenvalue weighted by Crippen LogP contribution is 2.51. The molecule has 0 amide bonds. The third kappa shape index (κ3) is 5.29. The van der Waals surface area contributed by atoms with Crippen LogP contribution in [0.1, 0.15) is 73.8 Å². The maximum absolute atomic E-state index is 2.58. The van der Waals surface area contributed by atoms with Crippen molar-refractivity contribution in [3.63, 3.8) is 0 Å². The number of para-hydroxylation sites is 1. The van der Waals surface area contributed by atoms with E-state index in [0.717, 1.165) is 32.4 Å². The van der Waals surface area contributed by atoms with Crippen molar-refractivity contribution >= 4 is 49.4 Å². The summed E-state index contributed by atoms with van der Waals surface area (Å²) in [4.78, 5) is 5.11. The molecule has 0 radical (unpaired) electrons. The molecule has 55 heavy (non-hydrogen) atoms. The van der Waals surface area contributed by atoms with E-state index < -0.39 is 0 Å². The van der Waals surface area contributed by atoms with Gasteiger partial charge >= 0.3 is 0 Å². The van der Waals surface area contributed by atoms with Gasteiger partial charge in [0.05, 0.1) is 0 Å². The van der Waals surface area contributed by atoms with Crippen LogP contribution in [0.15, 0.2) is 145 Å². The number of benzene rings is 7. The maximum atomic E-state index is 2.58. The molecular formula is C53H48N2. The van der Waals surface area contributed by atoms with Gasteiger partial charge in [-0.15, -0.1) is 0 Å². The average molecular weight is 713 g/mol. The quantitative estimate of drug-likeness (QED) is 0.164. The summed E-state index contributed by atoms with van der Waals surface area (Å²) in [6.07, 6.45) is 14.0. The normalized spacial score (nSPS) is 17.1. The Hall–Kier alpha value is -5.60. The van der Waals surface area contributed by atoms with Gasteiger partial charge in [-0.05, 0) is 165 Å². The summed E-state index contributed by atoms with van der Waals surface area (Å²) < 4.78 is 0. The topological polar surface area (TPSA) is 6.48 Å². The van der Waals surface area contributed by atoms with Crippen LogP contribution in [0, 0.1) is 0 Å². The number of hydrogen-bond donors (Lipinski definition) is 0. The SMILES string of the molecule is CC1(C)c2cc(CCc3ccc4c5ccc(N6CCCc7ccccc76)cc5c5ccccc5c4c3)ccc2-c2ccc(N3CCCC4=C3C=CCC4)cc21. The van der Waals surface area contributed by atoms with Crippen molar-refractivity contribution in [2.24, 2.45) is 0 Å². The van der Waals surface area contributed by atoms with Crippen LogP contribution >= 0.6 is 0 Å². The molecule has 2 aliphatic heterocycles. The van der Waals surface area contributed by atoms with Gasteiger partial charge in [0.15, 0.2) is 0 Å². The molecule has 0 saturated carbocycles. The summed E-state index contributed by atoms with van der Waals surface area (Å²) in [5.74, 6) is 0. The number of rotatable bonds is 5. The second-order valence-electron chi connectivity index (χ2n) is 17.0. The van der Waals surface area contributed by atoms with E-state index in [1.54, 1.807) is 5.57 Å². The van der Waals surface area contributed by atoms with Crippen molar-refractivity contribution in [1.29, 1.82) is 0 Å². The summed E-state index contributed by atoms with van der Waals surface area (Å²) in [7, 11) is 0.